The molecule has 2 N–H and O–H groups in total. The summed E-state index contributed by atoms with van der Waals surface area (Å²) in [5, 5.41) is 0. The van der Waals surface area contributed by atoms with Crippen molar-refractivity contribution < 1.29 is 47.6 Å². The third-order valence-corrected chi connectivity index (χ3v) is 4.84. The molecule has 11 heteroatoms. The van der Waals surface area contributed by atoms with Crippen LogP contribution in [0.3, 0.4) is 0 Å². The van der Waals surface area contributed by atoms with Gasteiger partial charge in [-0.2, -0.15) is 0 Å². The molecule has 0 bridgehead atoms. The Kier molecular flexibility index (Phi) is 14.7. The molecule has 0 unspecified atom stereocenters. The van der Waals surface area contributed by atoms with Gasteiger partial charge >= 0.3 is 24.2 Å². The zero-order chi connectivity index (χ0) is 27.8. The van der Waals surface area contributed by atoms with E-state index in [0.29, 0.717) is 18.4 Å². The van der Waals surface area contributed by atoms with Gasteiger partial charge in [-0.15, -0.1) is 0 Å². The molecule has 208 valence electrons. The van der Waals surface area contributed by atoms with Gasteiger partial charge in [-0.3, -0.25) is 9.59 Å². The van der Waals surface area contributed by atoms with E-state index in [-0.39, 0.29) is 43.7 Å². The van der Waals surface area contributed by atoms with Gasteiger partial charge in [-0.1, -0.05) is 46.6 Å². The lowest BCUT2D eigenvalue weighted by Crippen LogP contribution is -2.36. The predicted octanol–water partition coefficient (Wildman–Crippen LogP) is 4.32. The topological polar surface area (TPSA) is 150 Å². The summed E-state index contributed by atoms with van der Waals surface area (Å²) in [7, 11) is 0. The molecule has 0 amide bonds. The van der Waals surface area contributed by atoms with Crippen LogP contribution in [0.4, 0.5) is 9.59 Å². The summed E-state index contributed by atoms with van der Waals surface area (Å²) in [5.74, 6) is -1.55. The van der Waals surface area contributed by atoms with E-state index < -0.39 is 36.4 Å². The molecule has 1 aromatic carbocycles. The smallest absolute Gasteiger partial charge is 0.461 e. The lowest BCUT2D eigenvalue weighted by molar-refractivity contribution is -0.161. The van der Waals surface area contributed by atoms with Crippen molar-refractivity contribution in [3.05, 3.63) is 23.8 Å². The molecule has 11 nitrogen and oxygen atoms in total. The molecule has 0 radical (unpaired) electrons. The zero-order valence-electron chi connectivity index (χ0n) is 22.3. The summed E-state index contributed by atoms with van der Waals surface area (Å²) < 4.78 is 30.7. The van der Waals surface area contributed by atoms with Crippen LogP contribution in [0.15, 0.2) is 18.2 Å². The first-order valence-corrected chi connectivity index (χ1v) is 12.5. The first-order chi connectivity index (χ1) is 17.6. The van der Waals surface area contributed by atoms with Gasteiger partial charge in [0.15, 0.2) is 11.5 Å². The van der Waals surface area contributed by atoms with Crippen LogP contribution in [0.2, 0.25) is 0 Å². The number of nitrogens with two attached hydrogens (primary N) is 1. The second-order valence-corrected chi connectivity index (χ2v) is 8.73. The largest absolute Gasteiger partial charge is 0.513 e. The Morgan fingerprint density at radius 3 is 1.92 bits per heavy atom. The van der Waals surface area contributed by atoms with Crippen LogP contribution in [0, 0.1) is 5.92 Å². The SMILES string of the molecule is CCCCOC(=O)Oc1ccc(C[C@H](N)C(=O)OC[C@H](C)OC(=O)C(C)C)cc1OC(=O)OCCCC. The maximum absolute atomic E-state index is 12.3. The molecule has 1 aromatic rings. The number of unbranched alkanes of at least 4 members (excludes halogenated alkanes) is 2. The minimum atomic E-state index is -1.05. The van der Waals surface area contributed by atoms with Crippen molar-refractivity contribution >= 4 is 24.2 Å². The van der Waals surface area contributed by atoms with Crippen LogP contribution >= 0.6 is 0 Å². The lowest BCUT2D eigenvalue weighted by atomic mass is 10.1. The van der Waals surface area contributed by atoms with Gasteiger partial charge in [-0.25, -0.2) is 9.59 Å². The van der Waals surface area contributed by atoms with Gasteiger partial charge < -0.3 is 34.2 Å². The third kappa shape index (κ3) is 13.0. The molecule has 2 atom stereocenters. The maximum Gasteiger partial charge on any atom is 0.513 e. The number of ether oxygens (including phenoxy) is 6. The Morgan fingerprint density at radius 1 is 0.811 bits per heavy atom. The number of carbonyl (C=O) groups excluding carboxylic acids is 4. The summed E-state index contributed by atoms with van der Waals surface area (Å²) in [6, 6.07) is 3.32. The standard InChI is InChI=1S/C26H39NO10/c1-6-8-12-32-25(30)36-21-11-10-19(15-22(21)37-26(31)33-13-9-7-2)14-20(27)24(29)34-16-18(5)35-23(28)17(3)4/h10-11,15,17-18,20H,6-9,12-14,16,27H2,1-5H3/t18-,20-/m0/s1. The van der Waals surface area contributed by atoms with Crippen LogP contribution in [-0.2, 0) is 35.0 Å². The van der Waals surface area contributed by atoms with E-state index in [1.807, 2.05) is 13.8 Å². The van der Waals surface area contributed by atoms with Crippen molar-refractivity contribution in [1.82, 2.24) is 0 Å². The zero-order valence-corrected chi connectivity index (χ0v) is 22.3. The first kappa shape index (κ1) is 31.7. The maximum atomic E-state index is 12.3. The molecular weight excluding hydrogens is 486 g/mol. The first-order valence-electron chi connectivity index (χ1n) is 12.5. The summed E-state index contributed by atoms with van der Waals surface area (Å²) in [4.78, 5) is 48.1. The summed E-state index contributed by atoms with van der Waals surface area (Å²) in [5.41, 5.74) is 6.49. The van der Waals surface area contributed by atoms with Crippen molar-refractivity contribution in [2.45, 2.75) is 78.9 Å². The van der Waals surface area contributed by atoms with E-state index in [9.17, 15) is 19.2 Å². The van der Waals surface area contributed by atoms with Crippen molar-refractivity contribution in [2.75, 3.05) is 19.8 Å². The number of hydrogen-bond acceptors (Lipinski definition) is 11. The molecule has 0 aliphatic rings. The number of carbonyl (C=O) groups is 4. The van der Waals surface area contributed by atoms with Crippen molar-refractivity contribution in [3.8, 4) is 11.5 Å². The fourth-order valence-corrected chi connectivity index (χ4v) is 2.69. The van der Waals surface area contributed by atoms with Gasteiger partial charge in [0.1, 0.15) is 18.8 Å². The molecule has 0 fully saturated rings. The highest BCUT2D eigenvalue weighted by Crippen LogP contribution is 2.30. The van der Waals surface area contributed by atoms with E-state index in [0.717, 1.165) is 12.8 Å². The lowest BCUT2D eigenvalue weighted by Gasteiger charge is -2.17. The Labute approximate surface area is 217 Å². The van der Waals surface area contributed by atoms with Gasteiger partial charge in [0, 0.05) is 0 Å². The monoisotopic (exact) mass is 525 g/mol. The number of hydrogen-bond donors (Lipinski definition) is 1. The van der Waals surface area contributed by atoms with Gasteiger partial charge in [-0.05, 0) is 43.9 Å². The molecule has 0 aromatic heterocycles. The Morgan fingerprint density at radius 2 is 1.38 bits per heavy atom. The quantitative estimate of drug-likeness (QED) is 0.151. The van der Waals surface area contributed by atoms with Gasteiger partial charge in [0.25, 0.3) is 0 Å². The minimum absolute atomic E-state index is 0.0292. The van der Waals surface area contributed by atoms with Crippen LogP contribution in [0.5, 0.6) is 11.5 Å². The number of rotatable bonds is 15. The second-order valence-electron chi connectivity index (χ2n) is 8.73. The predicted molar refractivity (Wildman–Crippen MR) is 133 cm³/mol. The Balaban J connectivity index is 2.85. The van der Waals surface area contributed by atoms with Crippen molar-refractivity contribution in [2.24, 2.45) is 11.7 Å². The highest BCUT2D eigenvalue weighted by Gasteiger charge is 2.21. The molecule has 0 spiro atoms. The van der Waals surface area contributed by atoms with E-state index in [1.165, 1.54) is 12.1 Å². The molecule has 0 aliphatic carbocycles. The minimum Gasteiger partial charge on any atom is -0.461 e. The van der Waals surface area contributed by atoms with Crippen molar-refractivity contribution in [1.29, 1.82) is 0 Å². The highest BCUT2D eigenvalue weighted by molar-refractivity contribution is 5.76. The number of benzene rings is 1. The number of esters is 2. The highest BCUT2D eigenvalue weighted by atomic mass is 16.7. The molecule has 0 heterocycles. The van der Waals surface area contributed by atoms with Crippen LogP contribution in [-0.4, -0.2) is 56.2 Å². The van der Waals surface area contributed by atoms with Gasteiger partial charge in [0.2, 0.25) is 0 Å². The van der Waals surface area contributed by atoms with E-state index in [1.54, 1.807) is 26.8 Å². The average Bonchev–Trinajstić information content (AvgIpc) is 2.84. The van der Waals surface area contributed by atoms with Gasteiger partial charge in [0.05, 0.1) is 19.1 Å². The normalized spacial score (nSPS) is 12.3. The summed E-state index contributed by atoms with van der Waals surface area (Å²) in [6.07, 6.45) is 0.488. The van der Waals surface area contributed by atoms with E-state index in [2.05, 4.69) is 0 Å². The summed E-state index contributed by atoms with van der Waals surface area (Å²) in [6.45, 7) is 9.12. The third-order valence-electron chi connectivity index (χ3n) is 4.84. The molecular formula is C26H39NO10. The molecule has 37 heavy (non-hydrogen) atoms. The molecule has 0 aliphatic heterocycles. The Hall–Kier alpha value is -3.34. The second kappa shape index (κ2) is 17.2. The van der Waals surface area contributed by atoms with E-state index >= 15 is 0 Å². The fourth-order valence-electron chi connectivity index (χ4n) is 2.69. The van der Waals surface area contributed by atoms with Crippen LogP contribution in [0.25, 0.3) is 0 Å². The van der Waals surface area contributed by atoms with E-state index in [4.69, 9.17) is 34.2 Å². The Bertz CT molecular complexity index is 886. The average molecular weight is 526 g/mol. The molecule has 0 saturated heterocycles. The fraction of sp³-hybridized carbons (Fsp3) is 0.615. The van der Waals surface area contributed by atoms with Crippen molar-refractivity contribution in [3.63, 3.8) is 0 Å². The van der Waals surface area contributed by atoms with Crippen LogP contribution < -0.4 is 15.2 Å². The molecule has 0 saturated carbocycles. The summed E-state index contributed by atoms with van der Waals surface area (Å²) >= 11 is 0. The van der Waals surface area contributed by atoms with Crippen LogP contribution in [0.1, 0.15) is 65.9 Å². The molecule has 1 rings (SSSR count).